The number of aromatic nitrogens is 2. The summed E-state index contributed by atoms with van der Waals surface area (Å²) < 4.78 is 5.65. The van der Waals surface area contributed by atoms with Gasteiger partial charge in [0, 0.05) is 43.8 Å². The average molecular weight is 1050 g/mol. The van der Waals surface area contributed by atoms with Crippen LogP contribution in [0, 0.1) is 21.7 Å². The third-order valence-corrected chi connectivity index (χ3v) is 18.5. The minimum absolute atomic E-state index is 0.0290. The fourth-order valence-corrected chi connectivity index (χ4v) is 15.8. The van der Waals surface area contributed by atoms with Crippen LogP contribution in [0.15, 0.2) is 127 Å². The van der Waals surface area contributed by atoms with E-state index >= 15 is 0 Å². The standard InChI is InChI=1S/C77H83BN2/c1-71(2,3)40-44-27-28-64-54(29-44)55-31-46(42-73(7,8)9)34-62-67(55)79(64)69-53(48-36-49(75(13,14)15)38-50(37-48)76(16,17)18)39-61-70-65(69)78(62)63-35-47(43-74(10,11)12)32-57-56-30-45(41-72(4,5)6)33-60(66(56)80(70)68(57)63)77(61)58-25-21-19-23-51(58)52-24-20-22-26-59(52)77/h19-39H,40-43H2,1-18H3. The highest BCUT2D eigenvalue weighted by Gasteiger charge is 2.55. The van der Waals surface area contributed by atoms with Crippen LogP contribution >= 0.6 is 0 Å². The van der Waals surface area contributed by atoms with Gasteiger partial charge >= 0.3 is 0 Å². The third-order valence-electron chi connectivity index (χ3n) is 18.5. The normalized spacial score (nSPS) is 15.2. The number of hydrogen-bond donors (Lipinski definition) is 0. The molecule has 0 saturated carbocycles. The van der Waals surface area contributed by atoms with Crippen molar-refractivity contribution < 1.29 is 0 Å². The van der Waals surface area contributed by atoms with Crippen LogP contribution in [0.25, 0.3) is 77.2 Å². The number of rotatable bonds is 5. The van der Waals surface area contributed by atoms with Crippen LogP contribution in [-0.4, -0.2) is 15.8 Å². The molecule has 0 saturated heterocycles. The van der Waals surface area contributed by atoms with Crippen molar-refractivity contribution in [2.45, 2.75) is 167 Å². The second kappa shape index (κ2) is 16.3. The fourth-order valence-electron chi connectivity index (χ4n) is 15.8. The maximum atomic E-state index is 2.85. The molecule has 80 heavy (non-hydrogen) atoms. The van der Waals surface area contributed by atoms with Crippen LogP contribution < -0.4 is 16.4 Å². The van der Waals surface area contributed by atoms with Gasteiger partial charge in [0.2, 0.25) is 0 Å². The van der Waals surface area contributed by atoms with Gasteiger partial charge in [-0.25, -0.2) is 0 Å². The topological polar surface area (TPSA) is 9.86 Å². The highest BCUT2D eigenvalue weighted by Crippen LogP contribution is 2.63. The summed E-state index contributed by atoms with van der Waals surface area (Å²) in [5.74, 6) is 0. The third kappa shape index (κ3) is 7.56. The molecule has 2 nitrogen and oxygen atoms in total. The smallest absolute Gasteiger partial charge is 0.252 e. The zero-order valence-corrected chi connectivity index (χ0v) is 51.4. The predicted molar refractivity (Wildman–Crippen MR) is 346 cm³/mol. The maximum Gasteiger partial charge on any atom is 0.252 e. The molecule has 0 N–H and O–H groups in total. The van der Waals surface area contributed by atoms with Crippen molar-refractivity contribution in [1.82, 2.24) is 9.13 Å². The van der Waals surface area contributed by atoms with E-state index in [4.69, 9.17) is 0 Å². The van der Waals surface area contributed by atoms with E-state index < -0.39 is 5.41 Å². The average Bonchev–Trinajstić information content (AvgIpc) is 2.04. The van der Waals surface area contributed by atoms with Crippen LogP contribution in [0.5, 0.6) is 0 Å². The predicted octanol–water partition coefficient (Wildman–Crippen LogP) is 18.3. The van der Waals surface area contributed by atoms with E-state index in [1.807, 2.05) is 0 Å². The summed E-state index contributed by atoms with van der Waals surface area (Å²) in [6.45, 7) is 43.3. The molecular formula is C77H83BN2. The van der Waals surface area contributed by atoms with E-state index in [1.54, 1.807) is 0 Å². The zero-order chi connectivity index (χ0) is 56.5. The van der Waals surface area contributed by atoms with Gasteiger partial charge in [0.1, 0.15) is 0 Å². The Hall–Kier alpha value is -6.58. The lowest BCUT2D eigenvalue weighted by Gasteiger charge is -2.45. The van der Waals surface area contributed by atoms with Gasteiger partial charge < -0.3 is 9.13 Å². The van der Waals surface area contributed by atoms with Gasteiger partial charge in [-0.3, -0.25) is 0 Å². The lowest BCUT2D eigenvalue weighted by Crippen LogP contribution is -2.61. The van der Waals surface area contributed by atoms with E-state index in [0.29, 0.717) is 0 Å². The Bertz CT molecular complexity index is 4270. The molecule has 0 fully saturated rings. The highest BCUT2D eigenvalue weighted by molar-refractivity contribution is 7.00. The molecule has 404 valence electrons. The van der Waals surface area contributed by atoms with E-state index in [-0.39, 0.29) is 39.2 Å². The molecule has 14 rings (SSSR count). The minimum Gasteiger partial charge on any atom is -0.310 e. The Morgan fingerprint density at radius 2 is 0.812 bits per heavy atom. The van der Waals surface area contributed by atoms with Gasteiger partial charge in [-0.05, 0) is 183 Å². The summed E-state index contributed by atoms with van der Waals surface area (Å²) in [7, 11) is 0. The van der Waals surface area contributed by atoms with Gasteiger partial charge in [-0.15, -0.1) is 0 Å². The molecule has 0 amide bonds. The van der Waals surface area contributed by atoms with E-state index in [2.05, 4.69) is 261 Å². The Morgan fingerprint density at radius 3 is 1.32 bits per heavy atom. The number of hydrogen-bond acceptors (Lipinski definition) is 0. The van der Waals surface area contributed by atoms with E-state index in [0.717, 1.165) is 25.7 Å². The molecule has 0 radical (unpaired) electrons. The number of nitrogens with zero attached hydrogens (tertiary/aromatic N) is 2. The summed E-state index contributed by atoms with van der Waals surface area (Å²) in [6.07, 6.45) is 3.98. The molecule has 1 aliphatic carbocycles. The summed E-state index contributed by atoms with van der Waals surface area (Å²) in [4.78, 5) is 0. The number of fused-ring (bicyclic) bond motifs is 14. The van der Waals surface area contributed by atoms with Crippen LogP contribution in [0.1, 0.15) is 180 Å². The van der Waals surface area contributed by atoms with Crippen molar-refractivity contribution in [3.63, 3.8) is 0 Å². The van der Waals surface area contributed by atoms with Gasteiger partial charge in [0.25, 0.3) is 6.71 Å². The first-order chi connectivity index (χ1) is 37.4. The molecule has 3 aliphatic heterocycles. The molecule has 1 spiro atoms. The highest BCUT2D eigenvalue weighted by atomic mass is 15.1. The molecule has 0 bridgehead atoms. The second-order valence-electron chi connectivity index (χ2n) is 32.3. The fraction of sp³-hybridized carbons (Fsp3) is 0.377. The second-order valence-corrected chi connectivity index (χ2v) is 32.3. The van der Waals surface area contributed by atoms with Crippen molar-refractivity contribution in [3.05, 3.63) is 183 Å². The molecular weight excluding hydrogens is 964 g/mol. The molecule has 10 aromatic rings. The molecule has 4 aliphatic rings. The lowest BCUT2D eigenvalue weighted by molar-refractivity contribution is 0.411. The van der Waals surface area contributed by atoms with E-state index in [1.165, 1.54) is 149 Å². The molecule has 0 unspecified atom stereocenters. The van der Waals surface area contributed by atoms with Gasteiger partial charge in [-0.2, -0.15) is 0 Å². The van der Waals surface area contributed by atoms with Crippen LogP contribution in [-0.2, 0) is 41.9 Å². The summed E-state index contributed by atoms with van der Waals surface area (Å²) in [5, 5.41) is 5.55. The van der Waals surface area contributed by atoms with Crippen molar-refractivity contribution in [3.8, 4) is 33.6 Å². The summed E-state index contributed by atoms with van der Waals surface area (Å²) in [6, 6.07) is 53.0. The lowest BCUT2D eigenvalue weighted by atomic mass is 9.33. The summed E-state index contributed by atoms with van der Waals surface area (Å²) >= 11 is 0. The monoisotopic (exact) mass is 1050 g/mol. The van der Waals surface area contributed by atoms with Crippen LogP contribution in [0.2, 0.25) is 0 Å². The van der Waals surface area contributed by atoms with Crippen molar-refractivity contribution in [1.29, 1.82) is 0 Å². The quantitative estimate of drug-likeness (QED) is 0.152. The zero-order valence-electron chi connectivity index (χ0n) is 51.4. The SMILES string of the molecule is CC(C)(C)Cc1ccc2c(c1)c1cc(CC(C)(C)C)cc3c1n2-c1c(-c2cc(C(C)(C)C)cc(C(C)(C)C)c2)cc2c4c1B3c1cc(CC(C)(C)C)cc3c5cc(CC(C)(C)C)cc(c5n-4c13)C21c2ccccc2-c2ccccc21. The Labute approximate surface area is 478 Å². The largest absolute Gasteiger partial charge is 0.310 e. The molecule has 2 aromatic heterocycles. The summed E-state index contributed by atoms with van der Waals surface area (Å²) in [5.41, 5.74) is 31.6. The maximum absolute atomic E-state index is 2.85. The Kier molecular flexibility index (Phi) is 10.5. The van der Waals surface area contributed by atoms with Crippen molar-refractivity contribution >= 4 is 66.7 Å². The molecule has 0 atom stereocenters. The molecule has 5 heterocycles. The van der Waals surface area contributed by atoms with Crippen LogP contribution in [0.3, 0.4) is 0 Å². The van der Waals surface area contributed by atoms with Crippen molar-refractivity contribution in [2.75, 3.05) is 0 Å². The van der Waals surface area contributed by atoms with Gasteiger partial charge in [0.05, 0.1) is 22.1 Å². The first kappa shape index (κ1) is 51.6. The van der Waals surface area contributed by atoms with E-state index in [9.17, 15) is 0 Å². The van der Waals surface area contributed by atoms with Crippen molar-refractivity contribution in [2.24, 2.45) is 21.7 Å². The van der Waals surface area contributed by atoms with Gasteiger partial charge in [0.15, 0.2) is 0 Å². The van der Waals surface area contributed by atoms with Crippen LogP contribution in [0.4, 0.5) is 0 Å². The first-order valence-electron chi connectivity index (χ1n) is 30.2. The number of benzene rings is 8. The first-order valence-corrected chi connectivity index (χ1v) is 30.2. The Morgan fingerprint density at radius 1 is 0.362 bits per heavy atom. The Balaban J connectivity index is 1.28. The molecule has 3 heteroatoms. The minimum atomic E-state index is -0.613. The molecule has 8 aromatic carbocycles. The van der Waals surface area contributed by atoms with Gasteiger partial charge in [-0.1, -0.05) is 216 Å².